The van der Waals surface area contributed by atoms with Gasteiger partial charge >= 0.3 is 0 Å². The van der Waals surface area contributed by atoms with Crippen molar-refractivity contribution >= 4 is 41.1 Å². The van der Waals surface area contributed by atoms with Crippen LogP contribution in [0.25, 0.3) is 0 Å². The zero-order valence-corrected chi connectivity index (χ0v) is 18.1. The lowest BCUT2D eigenvalue weighted by Gasteiger charge is -2.27. The van der Waals surface area contributed by atoms with Gasteiger partial charge < -0.3 is 16.4 Å². The van der Waals surface area contributed by atoms with Gasteiger partial charge in [-0.25, -0.2) is 0 Å². The van der Waals surface area contributed by atoms with Gasteiger partial charge in [-0.15, -0.1) is 0 Å². The van der Waals surface area contributed by atoms with Gasteiger partial charge in [0.25, 0.3) is 11.8 Å². The smallest absolute Gasteiger partial charge is 0.264 e. The summed E-state index contributed by atoms with van der Waals surface area (Å²) in [6, 6.07) is 3.92. The molecule has 3 rings (SSSR count). The van der Waals surface area contributed by atoms with E-state index in [1.165, 1.54) is 0 Å². The van der Waals surface area contributed by atoms with Crippen LogP contribution >= 0.6 is 0 Å². The fourth-order valence-electron chi connectivity index (χ4n) is 3.87. The molecular formula is C22H27N5O6. The Balaban J connectivity index is 1.49. The minimum atomic E-state index is -0.999. The molecular weight excluding hydrogens is 430 g/mol. The lowest BCUT2D eigenvalue weighted by atomic mass is 10.0. The fourth-order valence-corrected chi connectivity index (χ4v) is 3.87. The number of nitrogens with zero attached hydrogens (tertiary/aromatic N) is 1. The van der Waals surface area contributed by atoms with E-state index in [9.17, 15) is 28.8 Å². The molecule has 2 aliphatic rings. The highest BCUT2D eigenvalue weighted by molar-refractivity contribution is 6.25. The molecule has 2 aliphatic heterocycles. The first-order valence-electron chi connectivity index (χ1n) is 10.9. The Morgan fingerprint density at radius 3 is 2.52 bits per heavy atom. The molecule has 0 saturated carbocycles. The standard InChI is InChI=1S/C22H27N5O6/c23-16(28)8-10-17(29)25-12-3-1-2-11-24-14-6-4-5-13-19(14)22(33)27(21(13)32)15-7-9-18(30)26-20(15)31/h4-6,15,24H,1-3,7-12H2,(H2,23,28)(H,25,29)(H,26,30,31). The van der Waals surface area contributed by atoms with Gasteiger partial charge in [0.05, 0.1) is 11.1 Å². The number of nitrogens with one attached hydrogen (secondary N) is 3. The number of hydrogen-bond acceptors (Lipinski definition) is 7. The van der Waals surface area contributed by atoms with Crippen LogP contribution in [0, 0.1) is 0 Å². The lowest BCUT2D eigenvalue weighted by molar-refractivity contribution is -0.136. The molecule has 1 atom stereocenters. The number of benzene rings is 1. The third-order valence-corrected chi connectivity index (χ3v) is 5.56. The average Bonchev–Trinajstić information content (AvgIpc) is 3.02. The molecule has 2 heterocycles. The van der Waals surface area contributed by atoms with Crippen LogP contribution in [-0.4, -0.2) is 59.5 Å². The first-order chi connectivity index (χ1) is 15.8. The lowest BCUT2D eigenvalue weighted by Crippen LogP contribution is -2.54. The number of fused-ring (bicyclic) bond motifs is 1. The van der Waals surface area contributed by atoms with Crippen LogP contribution in [-0.2, 0) is 19.2 Å². The number of carbonyl (C=O) groups excluding carboxylic acids is 6. The van der Waals surface area contributed by atoms with Gasteiger partial charge in [0, 0.05) is 38.0 Å². The van der Waals surface area contributed by atoms with Gasteiger partial charge in [0.2, 0.25) is 23.6 Å². The number of hydrogen-bond donors (Lipinski definition) is 4. The molecule has 1 fully saturated rings. The van der Waals surface area contributed by atoms with Crippen LogP contribution < -0.4 is 21.7 Å². The second-order valence-corrected chi connectivity index (χ2v) is 7.98. The van der Waals surface area contributed by atoms with Crippen LogP contribution in [0.15, 0.2) is 18.2 Å². The number of rotatable bonds is 11. The molecule has 1 saturated heterocycles. The first kappa shape index (κ1) is 23.9. The van der Waals surface area contributed by atoms with Gasteiger partial charge in [0.15, 0.2) is 0 Å². The van der Waals surface area contributed by atoms with Crippen LogP contribution in [0.3, 0.4) is 0 Å². The summed E-state index contributed by atoms with van der Waals surface area (Å²) in [6.07, 6.45) is 2.61. The summed E-state index contributed by atoms with van der Waals surface area (Å²) in [7, 11) is 0. The number of unbranched alkanes of at least 4 members (excludes halogenated alkanes) is 2. The maximum Gasteiger partial charge on any atom is 0.264 e. The van der Waals surface area contributed by atoms with Crippen molar-refractivity contribution in [2.24, 2.45) is 5.73 Å². The van der Waals surface area contributed by atoms with E-state index in [0.29, 0.717) is 18.8 Å². The Morgan fingerprint density at radius 1 is 1.03 bits per heavy atom. The van der Waals surface area contributed by atoms with E-state index in [4.69, 9.17) is 5.73 Å². The molecule has 11 heteroatoms. The molecule has 1 aromatic carbocycles. The molecule has 11 nitrogen and oxygen atoms in total. The second-order valence-electron chi connectivity index (χ2n) is 7.98. The third-order valence-electron chi connectivity index (χ3n) is 5.56. The summed E-state index contributed by atoms with van der Waals surface area (Å²) in [5, 5.41) is 8.08. The van der Waals surface area contributed by atoms with E-state index in [-0.39, 0.29) is 42.7 Å². The van der Waals surface area contributed by atoms with Gasteiger partial charge in [-0.3, -0.25) is 39.0 Å². The first-order valence-corrected chi connectivity index (χ1v) is 10.9. The van der Waals surface area contributed by atoms with E-state index in [1.54, 1.807) is 18.2 Å². The Bertz CT molecular complexity index is 991. The van der Waals surface area contributed by atoms with Crippen LogP contribution in [0.4, 0.5) is 5.69 Å². The van der Waals surface area contributed by atoms with Crippen molar-refractivity contribution in [3.8, 4) is 0 Å². The largest absolute Gasteiger partial charge is 0.384 e. The monoisotopic (exact) mass is 457 g/mol. The van der Waals surface area contributed by atoms with Crippen LogP contribution in [0.2, 0.25) is 0 Å². The number of primary amides is 1. The molecule has 33 heavy (non-hydrogen) atoms. The SMILES string of the molecule is NC(=O)CCC(=O)NCCCCCNc1cccc2c1C(=O)N(C1CCC(=O)NC1=O)C2=O. The van der Waals surface area contributed by atoms with E-state index < -0.39 is 35.6 Å². The summed E-state index contributed by atoms with van der Waals surface area (Å²) >= 11 is 0. The summed E-state index contributed by atoms with van der Waals surface area (Å²) in [6.45, 7) is 1.04. The van der Waals surface area contributed by atoms with Crippen molar-refractivity contribution in [3.05, 3.63) is 29.3 Å². The van der Waals surface area contributed by atoms with Crippen LogP contribution in [0.5, 0.6) is 0 Å². The highest BCUT2D eigenvalue weighted by Crippen LogP contribution is 2.32. The summed E-state index contributed by atoms with van der Waals surface area (Å²) < 4.78 is 0. The van der Waals surface area contributed by atoms with Gasteiger partial charge in [-0.2, -0.15) is 0 Å². The number of anilines is 1. The number of carbonyl (C=O) groups is 6. The third kappa shape index (κ3) is 5.73. The number of imide groups is 2. The summed E-state index contributed by atoms with van der Waals surface area (Å²) in [5.41, 5.74) is 5.98. The maximum absolute atomic E-state index is 13.0. The molecule has 0 spiro atoms. The molecule has 1 aromatic rings. The zero-order valence-electron chi connectivity index (χ0n) is 18.1. The number of nitrogens with two attached hydrogens (primary N) is 1. The van der Waals surface area contributed by atoms with E-state index in [1.807, 2.05) is 0 Å². The Hall–Kier alpha value is -3.76. The topological polar surface area (TPSA) is 168 Å². The number of piperidine rings is 1. The molecule has 1 unspecified atom stereocenters. The van der Waals surface area contributed by atoms with E-state index >= 15 is 0 Å². The normalized spacial score (nSPS) is 17.6. The molecule has 0 aromatic heterocycles. The Labute approximate surface area is 190 Å². The molecule has 0 radical (unpaired) electrons. The molecule has 5 N–H and O–H groups in total. The van der Waals surface area contributed by atoms with Crippen LogP contribution in [0.1, 0.15) is 65.7 Å². The molecule has 6 amide bonds. The average molecular weight is 457 g/mol. The minimum absolute atomic E-state index is 0.0271. The highest BCUT2D eigenvalue weighted by atomic mass is 16.2. The predicted octanol–water partition coefficient (Wildman–Crippen LogP) is 0.0517. The fraction of sp³-hybridized carbons (Fsp3) is 0.455. The second kappa shape index (κ2) is 10.7. The van der Waals surface area contributed by atoms with Gasteiger partial charge in [-0.05, 0) is 37.8 Å². The highest BCUT2D eigenvalue weighted by Gasteiger charge is 2.45. The zero-order chi connectivity index (χ0) is 24.0. The van der Waals surface area contributed by atoms with E-state index in [2.05, 4.69) is 16.0 Å². The maximum atomic E-state index is 13.0. The summed E-state index contributed by atoms with van der Waals surface area (Å²) in [5.74, 6) is -2.87. The Morgan fingerprint density at radius 2 is 1.79 bits per heavy atom. The summed E-state index contributed by atoms with van der Waals surface area (Å²) in [4.78, 5) is 72.6. The number of amides is 6. The van der Waals surface area contributed by atoms with Gasteiger partial charge in [0.1, 0.15) is 6.04 Å². The molecule has 0 aliphatic carbocycles. The predicted molar refractivity (Wildman–Crippen MR) is 117 cm³/mol. The van der Waals surface area contributed by atoms with Crippen molar-refractivity contribution in [1.29, 1.82) is 0 Å². The van der Waals surface area contributed by atoms with Crippen molar-refractivity contribution in [3.63, 3.8) is 0 Å². The van der Waals surface area contributed by atoms with E-state index in [0.717, 1.165) is 24.2 Å². The Kier molecular flexibility index (Phi) is 7.75. The van der Waals surface area contributed by atoms with Gasteiger partial charge in [-0.1, -0.05) is 6.07 Å². The quantitative estimate of drug-likeness (QED) is 0.269. The van der Waals surface area contributed by atoms with Crippen molar-refractivity contribution < 1.29 is 28.8 Å². The van der Waals surface area contributed by atoms with Crippen molar-refractivity contribution in [2.45, 2.75) is 51.0 Å². The van der Waals surface area contributed by atoms with Crippen molar-refractivity contribution in [2.75, 3.05) is 18.4 Å². The molecule has 0 bridgehead atoms. The minimum Gasteiger partial charge on any atom is -0.384 e. The molecule has 176 valence electrons. The van der Waals surface area contributed by atoms with Crippen molar-refractivity contribution in [1.82, 2.24) is 15.5 Å².